The van der Waals surface area contributed by atoms with Crippen molar-refractivity contribution in [3.05, 3.63) is 240 Å². The van der Waals surface area contributed by atoms with Crippen molar-refractivity contribution in [2.45, 2.75) is 39.2 Å². The Labute approximate surface area is 344 Å². The van der Waals surface area contributed by atoms with E-state index in [0.717, 1.165) is 41.8 Å². The van der Waals surface area contributed by atoms with Crippen LogP contribution in [-0.2, 0) is 6.42 Å². The van der Waals surface area contributed by atoms with Gasteiger partial charge in [0, 0.05) is 45.6 Å². The van der Waals surface area contributed by atoms with Gasteiger partial charge in [-0.05, 0) is 120 Å². The molecule has 0 fully saturated rings. The van der Waals surface area contributed by atoms with Crippen molar-refractivity contribution in [1.82, 2.24) is 4.57 Å². The number of hydrogen-bond donors (Lipinski definition) is 0. The monoisotopic (exact) mass is 750 g/mol. The fourth-order valence-corrected chi connectivity index (χ4v) is 8.40. The van der Waals surface area contributed by atoms with E-state index in [1.54, 1.807) is 0 Å². The molecule has 7 aromatic rings. The summed E-state index contributed by atoms with van der Waals surface area (Å²) in [6.07, 6.45) is 13.7. The maximum absolute atomic E-state index is 4.76. The van der Waals surface area contributed by atoms with Gasteiger partial charge in [0.05, 0.1) is 0 Å². The van der Waals surface area contributed by atoms with Crippen LogP contribution >= 0.6 is 0 Å². The third-order valence-corrected chi connectivity index (χ3v) is 11.4. The predicted octanol–water partition coefficient (Wildman–Crippen LogP) is 14.9. The second-order valence-corrected chi connectivity index (χ2v) is 15.0. The summed E-state index contributed by atoms with van der Waals surface area (Å²) >= 11 is 0. The summed E-state index contributed by atoms with van der Waals surface area (Å²) in [4.78, 5) is 2.48. The molecular weight excluding hydrogens is 701 g/mol. The molecule has 1 aromatic heterocycles. The average Bonchev–Trinajstić information content (AvgIpc) is 3.57. The van der Waals surface area contributed by atoms with Crippen LogP contribution in [0, 0.1) is 6.92 Å². The molecule has 0 bridgehead atoms. The van der Waals surface area contributed by atoms with E-state index in [1.165, 1.54) is 61.6 Å². The number of hydrogen-bond acceptors (Lipinski definition) is 1. The molecule has 2 heteroatoms. The number of nitrogens with zero attached hydrogens (tertiary/aromatic N) is 2. The summed E-state index contributed by atoms with van der Waals surface area (Å²) in [5, 5.41) is 0. The number of rotatable bonds is 13. The molecular formula is C56H50N2. The smallest absolute Gasteiger partial charge is 0.0455 e. The number of benzene rings is 6. The Kier molecular flexibility index (Phi) is 11.5. The highest BCUT2D eigenvalue weighted by Crippen LogP contribution is 2.41. The van der Waals surface area contributed by atoms with Crippen LogP contribution < -0.4 is 4.90 Å². The van der Waals surface area contributed by atoms with Gasteiger partial charge in [0.2, 0.25) is 0 Å². The normalized spacial score (nSPS) is 13.1. The Balaban J connectivity index is 1.20. The van der Waals surface area contributed by atoms with Gasteiger partial charge in [-0.15, -0.1) is 0 Å². The Bertz CT molecular complexity index is 2500. The standard InChI is InChI=1S/C56H50N2/c1-5-6-27-54-43(4)58(50-25-17-10-18-26-50)56-39-33-49(40-55(54)56)53(42(3)44-19-11-7-12-20-44)38-28-41(2)57(51-34-29-47(30-35-51)45-21-13-8-14-22-45)52-36-31-48(32-37-52)46-23-15-9-16-24-46/h5-27,29-32,34-38,40-41H,1,3,28,33,39H2,2,4H3/b27-6-,53-38+/t41-/m0/s1. The maximum atomic E-state index is 4.76. The highest BCUT2D eigenvalue weighted by atomic mass is 15.2. The van der Waals surface area contributed by atoms with E-state index >= 15 is 0 Å². The fourth-order valence-electron chi connectivity index (χ4n) is 8.40. The van der Waals surface area contributed by atoms with Crippen molar-refractivity contribution in [3.8, 4) is 27.9 Å². The lowest BCUT2D eigenvalue weighted by atomic mass is 9.84. The minimum Gasteiger partial charge on any atom is -0.338 e. The number of aromatic nitrogens is 1. The van der Waals surface area contributed by atoms with Crippen LogP contribution in [0.3, 0.4) is 0 Å². The van der Waals surface area contributed by atoms with E-state index in [0.29, 0.717) is 0 Å². The largest absolute Gasteiger partial charge is 0.338 e. The van der Waals surface area contributed by atoms with Crippen molar-refractivity contribution in [2.75, 3.05) is 4.90 Å². The first kappa shape index (κ1) is 38.0. The van der Waals surface area contributed by atoms with Crippen LogP contribution in [-0.4, -0.2) is 10.6 Å². The molecule has 0 N–H and O–H groups in total. The lowest BCUT2D eigenvalue weighted by Gasteiger charge is -2.32. The Hall–Kier alpha value is -6.90. The molecule has 1 aliphatic carbocycles. The molecule has 2 nitrogen and oxygen atoms in total. The molecule has 0 saturated heterocycles. The molecule has 58 heavy (non-hydrogen) atoms. The zero-order valence-corrected chi connectivity index (χ0v) is 33.6. The summed E-state index contributed by atoms with van der Waals surface area (Å²) in [7, 11) is 0. The molecule has 0 spiro atoms. The first-order chi connectivity index (χ1) is 28.5. The van der Waals surface area contributed by atoms with Crippen molar-refractivity contribution in [3.63, 3.8) is 0 Å². The Morgan fingerprint density at radius 3 is 1.69 bits per heavy atom. The van der Waals surface area contributed by atoms with E-state index in [4.69, 9.17) is 6.58 Å². The van der Waals surface area contributed by atoms with Crippen LogP contribution in [0.25, 0.3) is 45.7 Å². The minimum atomic E-state index is 0.135. The van der Waals surface area contributed by atoms with Gasteiger partial charge < -0.3 is 9.47 Å². The molecule has 1 atom stereocenters. The summed E-state index contributed by atoms with van der Waals surface area (Å²) in [5.41, 5.74) is 18.2. The average molecular weight is 751 g/mol. The zero-order chi connectivity index (χ0) is 39.8. The number of allylic oxidation sites excluding steroid dienone is 5. The molecule has 1 aliphatic rings. The van der Waals surface area contributed by atoms with Gasteiger partial charge in [-0.3, -0.25) is 0 Å². The van der Waals surface area contributed by atoms with Gasteiger partial charge >= 0.3 is 0 Å². The number of para-hydroxylation sites is 1. The Morgan fingerprint density at radius 1 is 0.655 bits per heavy atom. The fraction of sp³-hybridized carbons (Fsp3) is 0.107. The molecule has 0 unspecified atom stereocenters. The van der Waals surface area contributed by atoms with Crippen LogP contribution in [0.15, 0.2) is 212 Å². The second-order valence-electron chi connectivity index (χ2n) is 15.0. The van der Waals surface area contributed by atoms with Crippen LogP contribution in [0.5, 0.6) is 0 Å². The van der Waals surface area contributed by atoms with E-state index in [1.807, 2.05) is 6.08 Å². The summed E-state index contributed by atoms with van der Waals surface area (Å²) < 4.78 is 2.44. The van der Waals surface area contributed by atoms with E-state index in [9.17, 15) is 0 Å². The first-order valence-electron chi connectivity index (χ1n) is 20.3. The minimum absolute atomic E-state index is 0.135. The van der Waals surface area contributed by atoms with Gasteiger partial charge in [-0.2, -0.15) is 0 Å². The Morgan fingerprint density at radius 2 is 1.16 bits per heavy atom. The lowest BCUT2D eigenvalue weighted by Crippen LogP contribution is -2.28. The van der Waals surface area contributed by atoms with E-state index in [2.05, 4.69) is 224 Å². The van der Waals surface area contributed by atoms with E-state index < -0.39 is 0 Å². The maximum Gasteiger partial charge on any atom is 0.0455 e. The van der Waals surface area contributed by atoms with E-state index in [-0.39, 0.29) is 6.04 Å². The van der Waals surface area contributed by atoms with Crippen LogP contribution in [0.4, 0.5) is 11.4 Å². The predicted molar refractivity (Wildman–Crippen MR) is 250 cm³/mol. The molecule has 8 rings (SSSR count). The van der Waals surface area contributed by atoms with Crippen molar-refractivity contribution in [2.24, 2.45) is 0 Å². The highest BCUT2D eigenvalue weighted by molar-refractivity contribution is 5.87. The van der Waals surface area contributed by atoms with Crippen LogP contribution in [0.2, 0.25) is 0 Å². The topological polar surface area (TPSA) is 8.17 Å². The molecule has 1 heterocycles. The third kappa shape index (κ3) is 8.01. The van der Waals surface area contributed by atoms with Gasteiger partial charge in [-0.1, -0.05) is 171 Å². The number of fused-ring (bicyclic) bond motifs is 1. The van der Waals surface area contributed by atoms with Gasteiger partial charge in [0.25, 0.3) is 0 Å². The van der Waals surface area contributed by atoms with Crippen LogP contribution in [0.1, 0.15) is 47.8 Å². The summed E-state index contributed by atoms with van der Waals surface area (Å²) in [6, 6.07) is 60.7. The second kappa shape index (κ2) is 17.5. The van der Waals surface area contributed by atoms with Crippen molar-refractivity contribution in [1.29, 1.82) is 0 Å². The summed E-state index contributed by atoms with van der Waals surface area (Å²) in [6.45, 7) is 13.3. The molecule has 0 saturated carbocycles. The van der Waals surface area contributed by atoms with Crippen molar-refractivity contribution >= 4 is 29.1 Å². The highest BCUT2D eigenvalue weighted by Gasteiger charge is 2.25. The first-order valence-corrected chi connectivity index (χ1v) is 20.3. The third-order valence-electron chi connectivity index (χ3n) is 11.4. The van der Waals surface area contributed by atoms with Gasteiger partial charge in [0.1, 0.15) is 0 Å². The lowest BCUT2D eigenvalue weighted by molar-refractivity contribution is 0.722. The van der Waals surface area contributed by atoms with Gasteiger partial charge in [-0.25, -0.2) is 0 Å². The zero-order valence-electron chi connectivity index (χ0n) is 33.6. The van der Waals surface area contributed by atoms with Crippen molar-refractivity contribution < 1.29 is 0 Å². The molecule has 6 aromatic carbocycles. The molecule has 0 aliphatic heterocycles. The molecule has 284 valence electrons. The molecule has 0 radical (unpaired) electrons. The summed E-state index contributed by atoms with van der Waals surface area (Å²) in [5.74, 6) is 0. The quantitative estimate of drug-likeness (QED) is 0.107. The van der Waals surface area contributed by atoms with Gasteiger partial charge in [0.15, 0.2) is 0 Å². The number of anilines is 2. The molecule has 0 amide bonds. The SMILES string of the molecule is C=C/C=C\c1c2c(n(-c3ccccc3)c1C)CCC(/C(=C/C[C@H](C)N(c1ccc(-c3ccccc3)cc1)c1ccc(-c3ccccc3)cc1)C(=C)c1ccccc1)=C2.